The second-order valence-electron chi connectivity index (χ2n) is 8.65. The van der Waals surface area contributed by atoms with E-state index in [9.17, 15) is 22.8 Å². The zero-order chi connectivity index (χ0) is 22.9. The van der Waals surface area contributed by atoms with E-state index in [1.165, 1.54) is 0 Å². The minimum atomic E-state index is -4.18. The summed E-state index contributed by atoms with van der Waals surface area (Å²) in [6, 6.07) is -2.90. The molecule has 0 bridgehead atoms. The molecule has 0 spiro atoms. The molecule has 168 valence electrons. The molecule has 0 aliphatic carbocycles. The van der Waals surface area contributed by atoms with Crippen molar-refractivity contribution in [1.29, 1.82) is 0 Å². The lowest BCUT2D eigenvalue weighted by Gasteiger charge is -2.25. The first-order chi connectivity index (χ1) is 13.2. The third-order valence-corrected chi connectivity index (χ3v) is 5.49. The minimum Gasteiger partial charge on any atom is -0.343 e. The Kier molecular flexibility index (Phi) is 11.3. The highest BCUT2D eigenvalue weighted by atomic mass is 32.2. The average molecular weight is 432 g/mol. The van der Waals surface area contributed by atoms with E-state index < -0.39 is 44.9 Å². The van der Waals surface area contributed by atoms with Crippen LogP contribution in [0, 0.1) is 17.8 Å². The summed E-state index contributed by atoms with van der Waals surface area (Å²) >= 11 is 0. The van der Waals surface area contributed by atoms with Gasteiger partial charge in [0.15, 0.2) is 0 Å². The van der Waals surface area contributed by atoms with Gasteiger partial charge < -0.3 is 16.4 Å². The normalized spacial score (nSPS) is 15.1. The highest BCUT2D eigenvalue weighted by molar-refractivity contribution is 8.08. The van der Waals surface area contributed by atoms with Crippen LogP contribution in [0.25, 0.3) is 0 Å². The van der Waals surface area contributed by atoms with Crippen molar-refractivity contribution in [2.24, 2.45) is 23.5 Å². The molecule has 0 aliphatic heterocycles. The maximum Gasteiger partial charge on any atom is 0.272 e. The molecule has 3 atom stereocenters. The molecule has 3 unspecified atom stereocenters. The van der Waals surface area contributed by atoms with Crippen molar-refractivity contribution < 1.29 is 22.8 Å². The third kappa shape index (κ3) is 10.0. The summed E-state index contributed by atoms with van der Waals surface area (Å²) in [5.41, 5.74) is 5.90. The van der Waals surface area contributed by atoms with Crippen molar-refractivity contribution >= 4 is 26.8 Å². The molecular weight excluding hydrogens is 394 g/mol. The summed E-state index contributed by atoms with van der Waals surface area (Å²) in [6.45, 7) is 14.4. The lowest BCUT2D eigenvalue weighted by Crippen LogP contribution is -2.55. The number of hydrogen-bond acceptors (Lipinski definition) is 6. The Bertz CT molecular complexity index is 686. The first kappa shape index (κ1) is 27.3. The molecule has 0 saturated heterocycles. The highest BCUT2D eigenvalue weighted by Gasteiger charge is 2.33. The standard InChI is InChI=1S/C20H37N3O5S/c1-8-29(27,28)20(26)17(11-14(6)7)23-19(25)16(10-13(4)5)22-18(24)15(21)9-12(2)3/h8,12-17H,1,9-11,21H2,2-7H3,(H,22,24)(H,23,25). The number of sulfone groups is 1. The number of nitrogens with one attached hydrogen (secondary N) is 2. The van der Waals surface area contributed by atoms with E-state index in [2.05, 4.69) is 17.2 Å². The molecule has 0 aromatic rings. The van der Waals surface area contributed by atoms with Gasteiger partial charge in [0.05, 0.1) is 6.04 Å². The monoisotopic (exact) mass is 431 g/mol. The Morgan fingerprint density at radius 3 is 1.66 bits per heavy atom. The second-order valence-corrected chi connectivity index (χ2v) is 10.5. The zero-order valence-corrected chi connectivity index (χ0v) is 19.2. The topological polar surface area (TPSA) is 135 Å². The molecule has 0 radical (unpaired) electrons. The Morgan fingerprint density at radius 1 is 0.828 bits per heavy atom. The predicted molar refractivity (Wildman–Crippen MR) is 114 cm³/mol. The zero-order valence-electron chi connectivity index (χ0n) is 18.4. The van der Waals surface area contributed by atoms with E-state index in [0.29, 0.717) is 18.2 Å². The van der Waals surface area contributed by atoms with Gasteiger partial charge >= 0.3 is 0 Å². The van der Waals surface area contributed by atoms with E-state index in [1.807, 2.05) is 41.5 Å². The van der Waals surface area contributed by atoms with Crippen LogP contribution in [0.3, 0.4) is 0 Å². The van der Waals surface area contributed by atoms with E-state index in [0.717, 1.165) is 0 Å². The fourth-order valence-corrected chi connectivity index (χ4v) is 3.55. The first-order valence-corrected chi connectivity index (χ1v) is 11.5. The van der Waals surface area contributed by atoms with Gasteiger partial charge in [0.25, 0.3) is 5.12 Å². The summed E-state index contributed by atoms with van der Waals surface area (Å²) in [4.78, 5) is 37.6. The number of hydrogen-bond donors (Lipinski definition) is 3. The molecule has 2 amide bonds. The van der Waals surface area contributed by atoms with Crippen LogP contribution in [0.15, 0.2) is 12.0 Å². The Labute approximate surface area is 175 Å². The van der Waals surface area contributed by atoms with E-state index in [-0.39, 0.29) is 24.2 Å². The molecule has 0 aromatic carbocycles. The van der Waals surface area contributed by atoms with Crippen molar-refractivity contribution in [3.8, 4) is 0 Å². The number of carbonyl (C=O) groups excluding carboxylic acids is 3. The summed E-state index contributed by atoms with van der Waals surface area (Å²) < 4.78 is 23.8. The summed E-state index contributed by atoms with van der Waals surface area (Å²) in [5.74, 6) is -0.817. The fraction of sp³-hybridized carbons (Fsp3) is 0.750. The molecule has 29 heavy (non-hydrogen) atoms. The van der Waals surface area contributed by atoms with Crippen LogP contribution in [-0.4, -0.2) is 43.5 Å². The van der Waals surface area contributed by atoms with Crippen LogP contribution >= 0.6 is 0 Å². The van der Waals surface area contributed by atoms with Gasteiger partial charge in [-0.1, -0.05) is 48.1 Å². The average Bonchev–Trinajstić information content (AvgIpc) is 2.58. The molecule has 0 aromatic heterocycles. The maximum absolute atomic E-state index is 12.8. The molecule has 0 heterocycles. The van der Waals surface area contributed by atoms with Gasteiger partial charge in [0, 0.05) is 5.41 Å². The van der Waals surface area contributed by atoms with Crippen molar-refractivity contribution in [2.75, 3.05) is 0 Å². The van der Waals surface area contributed by atoms with Crippen molar-refractivity contribution in [3.05, 3.63) is 12.0 Å². The molecule has 4 N–H and O–H groups in total. The molecule has 0 fully saturated rings. The molecule has 0 rings (SSSR count). The quantitative estimate of drug-likeness (QED) is 0.428. The fourth-order valence-electron chi connectivity index (χ4n) is 2.83. The van der Waals surface area contributed by atoms with Crippen molar-refractivity contribution in [1.82, 2.24) is 10.6 Å². The van der Waals surface area contributed by atoms with E-state index in [4.69, 9.17) is 5.73 Å². The van der Waals surface area contributed by atoms with Crippen molar-refractivity contribution in [2.45, 2.75) is 78.9 Å². The SMILES string of the molecule is C=CS(=O)(=O)C(=O)C(CC(C)C)NC(=O)C(CC(C)C)NC(=O)C(N)CC(C)C. The van der Waals surface area contributed by atoms with Gasteiger partial charge in [-0.3, -0.25) is 14.4 Å². The number of nitrogens with two attached hydrogens (primary N) is 1. The number of amides is 2. The van der Waals surface area contributed by atoms with E-state index >= 15 is 0 Å². The van der Waals surface area contributed by atoms with Gasteiger partial charge in [-0.2, -0.15) is 0 Å². The lowest BCUT2D eigenvalue weighted by atomic mass is 9.99. The molecule has 0 saturated carbocycles. The number of rotatable bonds is 12. The van der Waals surface area contributed by atoms with Crippen LogP contribution in [-0.2, 0) is 24.2 Å². The van der Waals surface area contributed by atoms with Crippen LogP contribution in [0.5, 0.6) is 0 Å². The van der Waals surface area contributed by atoms with Gasteiger partial charge in [0.2, 0.25) is 21.7 Å². The van der Waals surface area contributed by atoms with Crippen LogP contribution < -0.4 is 16.4 Å². The summed E-state index contributed by atoms with van der Waals surface area (Å²) in [7, 11) is -4.18. The second kappa shape index (κ2) is 12.1. The Hall–Kier alpha value is -1.74. The molecule has 0 aliphatic rings. The third-order valence-electron chi connectivity index (χ3n) is 4.21. The van der Waals surface area contributed by atoms with E-state index in [1.54, 1.807) is 0 Å². The van der Waals surface area contributed by atoms with Crippen LogP contribution in [0.1, 0.15) is 60.8 Å². The smallest absolute Gasteiger partial charge is 0.272 e. The molecular formula is C20H37N3O5S. The largest absolute Gasteiger partial charge is 0.343 e. The highest BCUT2D eigenvalue weighted by Crippen LogP contribution is 2.12. The lowest BCUT2D eigenvalue weighted by molar-refractivity contribution is -0.131. The predicted octanol–water partition coefficient (Wildman–Crippen LogP) is 1.51. The van der Waals surface area contributed by atoms with Gasteiger partial charge in [0.1, 0.15) is 12.1 Å². The van der Waals surface area contributed by atoms with Gasteiger partial charge in [-0.25, -0.2) is 8.42 Å². The Balaban J connectivity index is 5.50. The Morgan fingerprint density at radius 2 is 1.24 bits per heavy atom. The summed E-state index contributed by atoms with van der Waals surface area (Å²) in [5, 5.41) is 4.62. The van der Waals surface area contributed by atoms with Gasteiger partial charge in [-0.05, 0) is 37.0 Å². The molecule has 9 heteroatoms. The van der Waals surface area contributed by atoms with Crippen LogP contribution in [0.2, 0.25) is 0 Å². The van der Waals surface area contributed by atoms with Gasteiger partial charge in [-0.15, -0.1) is 0 Å². The maximum atomic E-state index is 12.8. The minimum absolute atomic E-state index is 0.0399. The van der Waals surface area contributed by atoms with Crippen LogP contribution in [0.4, 0.5) is 0 Å². The summed E-state index contributed by atoms with van der Waals surface area (Å²) in [6.07, 6.45) is 0.934. The number of carbonyl (C=O) groups is 3. The first-order valence-electron chi connectivity index (χ1n) is 9.98. The molecule has 8 nitrogen and oxygen atoms in total. The van der Waals surface area contributed by atoms with Crippen molar-refractivity contribution in [3.63, 3.8) is 0 Å².